The van der Waals surface area contributed by atoms with E-state index in [2.05, 4.69) is 40.2 Å². The third-order valence-corrected chi connectivity index (χ3v) is 6.42. The van der Waals surface area contributed by atoms with Crippen LogP contribution in [0.5, 0.6) is 11.5 Å². The number of hydrogen-bond acceptors (Lipinski definition) is 1. The average molecular weight is 447 g/mol. The van der Waals surface area contributed by atoms with E-state index >= 15 is 0 Å². The predicted octanol–water partition coefficient (Wildman–Crippen LogP) is 7.20. The molecule has 2 aliphatic rings. The van der Waals surface area contributed by atoms with E-state index in [1.807, 2.05) is 18.2 Å². The highest BCUT2D eigenvalue weighted by Crippen LogP contribution is 2.62. The molecular weight excluding hydrogens is 434 g/mol. The highest BCUT2D eigenvalue weighted by Gasteiger charge is 2.51. The van der Waals surface area contributed by atoms with E-state index in [1.165, 1.54) is 24.3 Å². The maximum absolute atomic E-state index is 14.1. The molecule has 1 heterocycles. The van der Waals surface area contributed by atoms with E-state index in [0.29, 0.717) is 11.5 Å². The summed E-state index contributed by atoms with van der Waals surface area (Å²) < 4.78 is 35.2. The molecule has 0 fully saturated rings. The lowest BCUT2D eigenvalue weighted by Crippen LogP contribution is -2.32. The van der Waals surface area contributed by atoms with Crippen molar-refractivity contribution < 1.29 is 13.5 Å². The van der Waals surface area contributed by atoms with E-state index in [4.69, 9.17) is 4.74 Å². The lowest BCUT2D eigenvalue weighted by atomic mass is 9.66. The summed E-state index contributed by atoms with van der Waals surface area (Å²) in [6.07, 6.45) is 0. The molecule has 140 valence electrons. The fraction of sp³-hybridized carbons (Fsp3) is 0.0400. The summed E-state index contributed by atoms with van der Waals surface area (Å²) in [5.74, 6) is 0.0375. The zero-order chi connectivity index (χ0) is 19.8. The summed E-state index contributed by atoms with van der Waals surface area (Å²) in [7, 11) is 0. The number of rotatable bonds is 0. The van der Waals surface area contributed by atoms with Gasteiger partial charge in [-0.15, -0.1) is 0 Å². The monoisotopic (exact) mass is 446 g/mol. The molecule has 0 atom stereocenters. The van der Waals surface area contributed by atoms with Gasteiger partial charge in [0.1, 0.15) is 23.1 Å². The van der Waals surface area contributed by atoms with Crippen molar-refractivity contribution >= 4 is 15.9 Å². The second-order valence-corrected chi connectivity index (χ2v) is 8.28. The zero-order valence-corrected chi connectivity index (χ0v) is 16.6. The summed E-state index contributed by atoms with van der Waals surface area (Å²) in [6.45, 7) is 0. The van der Waals surface area contributed by atoms with Gasteiger partial charge in [-0.05, 0) is 46.5 Å². The maximum Gasteiger partial charge on any atom is 0.135 e. The minimum Gasteiger partial charge on any atom is -0.456 e. The van der Waals surface area contributed by atoms with Crippen LogP contribution in [0, 0.1) is 11.6 Å². The molecule has 0 aromatic heterocycles. The van der Waals surface area contributed by atoms with Crippen molar-refractivity contribution in [3.8, 4) is 22.6 Å². The molecule has 1 aliphatic carbocycles. The number of ether oxygens (including phenoxy) is 1. The first-order chi connectivity index (χ1) is 14.1. The van der Waals surface area contributed by atoms with Crippen molar-refractivity contribution in [3.05, 3.63) is 117 Å². The lowest BCUT2D eigenvalue weighted by Gasteiger charge is -2.39. The summed E-state index contributed by atoms with van der Waals surface area (Å²) in [4.78, 5) is 0. The Bertz CT molecular complexity index is 1280. The summed E-state index contributed by atoms with van der Waals surface area (Å²) in [5.41, 5.74) is 5.36. The molecule has 0 amide bonds. The van der Waals surface area contributed by atoms with Crippen LogP contribution in [0.2, 0.25) is 0 Å². The largest absolute Gasteiger partial charge is 0.456 e. The third-order valence-electron chi connectivity index (χ3n) is 5.92. The van der Waals surface area contributed by atoms with Crippen LogP contribution >= 0.6 is 15.9 Å². The van der Waals surface area contributed by atoms with Crippen LogP contribution in [0.1, 0.15) is 22.3 Å². The van der Waals surface area contributed by atoms with Crippen molar-refractivity contribution in [1.82, 2.24) is 0 Å². The van der Waals surface area contributed by atoms with Crippen LogP contribution < -0.4 is 4.74 Å². The Kier molecular flexibility index (Phi) is 3.37. The molecule has 1 aliphatic heterocycles. The first-order valence-electron chi connectivity index (χ1n) is 9.27. The quantitative estimate of drug-likeness (QED) is 0.239. The first-order valence-corrected chi connectivity index (χ1v) is 10.1. The van der Waals surface area contributed by atoms with Gasteiger partial charge in [-0.3, -0.25) is 0 Å². The zero-order valence-electron chi connectivity index (χ0n) is 15.0. The Morgan fingerprint density at radius 2 is 1.24 bits per heavy atom. The highest BCUT2D eigenvalue weighted by molar-refractivity contribution is 9.10. The van der Waals surface area contributed by atoms with Crippen LogP contribution in [0.25, 0.3) is 11.1 Å². The molecule has 1 spiro atoms. The Labute approximate surface area is 174 Å². The molecule has 4 aromatic carbocycles. The van der Waals surface area contributed by atoms with Gasteiger partial charge in [-0.2, -0.15) is 0 Å². The second kappa shape index (κ2) is 5.77. The van der Waals surface area contributed by atoms with Crippen molar-refractivity contribution in [1.29, 1.82) is 0 Å². The van der Waals surface area contributed by atoms with Crippen LogP contribution in [0.15, 0.2) is 83.3 Å². The highest BCUT2D eigenvalue weighted by atomic mass is 79.9. The van der Waals surface area contributed by atoms with Crippen LogP contribution in [-0.4, -0.2) is 0 Å². The Hall–Kier alpha value is -2.98. The smallest absolute Gasteiger partial charge is 0.135 e. The Morgan fingerprint density at radius 3 is 1.93 bits per heavy atom. The molecule has 0 saturated heterocycles. The van der Waals surface area contributed by atoms with Gasteiger partial charge in [-0.1, -0.05) is 58.4 Å². The van der Waals surface area contributed by atoms with Gasteiger partial charge in [0.25, 0.3) is 0 Å². The van der Waals surface area contributed by atoms with E-state index in [0.717, 1.165) is 37.9 Å². The predicted molar refractivity (Wildman–Crippen MR) is 111 cm³/mol. The van der Waals surface area contributed by atoms with Gasteiger partial charge in [-0.25, -0.2) is 8.78 Å². The van der Waals surface area contributed by atoms with E-state index in [9.17, 15) is 8.78 Å². The molecule has 6 rings (SSSR count). The fourth-order valence-corrected chi connectivity index (χ4v) is 5.24. The molecule has 29 heavy (non-hydrogen) atoms. The van der Waals surface area contributed by atoms with Crippen LogP contribution in [-0.2, 0) is 5.41 Å². The number of hydrogen-bond donors (Lipinski definition) is 0. The molecule has 0 unspecified atom stereocenters. The standard InChI is InChI=1S/C25H13BrF2O/c26-14-5-8-18-17-3-1-2-4-19(17)25(22(18)11-14)20-9-6-15(27)12-23(20)29-24-13-16(28)7-10-21(24)25/h1-13H. The second-order valence-electron chi connectivity index (χ2n) is 7.37. The van der Waals surface area contributed by atoms with Crippen molar-refractivity contribution in [2.45, 2.75) is 5.41 Å². The molecular formula is C25H13BrF2O. The van der Waals surface area contributed by atoms with E-state index < -0.39 is 5.41 Å². The normalized spacial score (nSPS) is 14.6. The molecule has 0 N–H and O–H groups in total. The minimum absolute atomic E-state index is 0.389. The molecule has 4 aromatic rings. The topological polar surface area (TPSA) is 9.23 Å². The van der Waals surface area contributed by atoms with Gasteiger partial charge in [0, 0.05) is 27.7 Å². The van der Waals surface area contributed by atoms with Crippen LogP contribution in [0.3, 0.4) is 0 Å². The Morgan fingerprint density at radius 1 is 0.621 bits per heavy atom. The minimum atomic E-state index is -0.708. The Balaban J connectivity index is 1.85. The molecule has 1 nitrogen and oxygen atoms in total. The number of halogens is 3. The van der Waals surface area contributed by atoms with Gasteiger partial charge in [0.15, 0.2) is 0 Å². The van der Waals surface area contributed by atoms with Crippen LogP contribution in [0.4, 0.5) is 8.78 Å². The number of benzene rings is 4. The maximum atomic E-state index is 14.1. The van der Waals surface area contributed by atoms with Crippen molar-refractivity contribution in [2.24, 2.45) is 0 Å². The van der Waals surface area contributed by atoms with Crippen molar-refractivity contribution in [3.63, 3.8) is 0 Å². The average Bonchev–Trinajstić information content (AvgIpc) is 2.98. The summed E-state index contributed by atoms with van der Waals surface area (Å²) in [6, 6.07) is 23.6. The van der Waals surface area contributed by atoms with Crippen molar-refractivity contribution in [2.75, 3.05) is 0 Å². The summed E-state index contributed by atoms with van der Waals surface area (Å²) in [5, 5.41) is 0. The molecule has 0 radical (unpaired) electrons. The summed E-state index contributed by atoms with van der Waals surface area (Å²) >= 11 is 3.61. The van der Waals surface area contributed by atoms with Gasteiger partial charge in [0.05, 0.1) is 5.41 Å². The van der Waals surface area contributed by atoms with Gasteiger partial charge >= 0.3 is 0 Å². The van der Waals surface area contributed by atoms with E-state index in [-0.39, 0.29) is 11.6 Å². The molecule has 0 bridgehead atoms. The van der Waals surface area contributed by atoms with E-state index in [1.54, 1.807) is 12.1 Å². The van der Waals surface area contributed by atoms with Gasteiger partial charge in [0.2, 0.25) is 0 Å². The first kappa shape index (κ1) is 16.9. The fourth-order valence-electron chi connectivity index (χ4n) is 4.88. The van der Waals surface area contributed by atoms with Gasteiger partial charge < -0.3 is 4.74 Å². The lowest BCUT2D eigenvalue weighted by molar-refractivity contribution is 0.427. The molecule has 4 heteroatoms. The third kappa shape index (κ3) is 2.12. The SMILES string of the molecule is Fc1ccc2c(c1)Oc1cc(F)ccc1C21c2ccccc2-c2ccc(Br)cc21. The molecule has 0 saturated carbocycles. The number of fused-ring (bicyclic) bond motifs is 9.